The zero-order chi connectivity index (χ0) is 23.1. The van der Waals surface area contributed by atoms with Crippen LogP contribution in [0.1, 0.15) is 24.0 Å². The van der Waals surface area contributed by atoms with Gasteiger partial charge in [-0.05, 0) is 55.6 Å². The molecule has 2 N–H and O–H groups in total. The fourth-order valence-corrected chi connectivity index (χ4v) is 5.32. The molecule has 174 valence electrons. The van der Waals surface area contributed by atoms with E-state index in [1.165, 1.54) is 11.8 Å². The molecular formula is C25H31N5O2S. The second kappa shape index (κ2) is 10.9. The molecule has 0 atom stereocenters. The molecule has 33 heavy (non-hydrogen) atoms. The number of nitrogens with zero attached hydrogens (tertiary/aromatic N) is 3. The van der Waals surface area contributed by atoms with Crippen molar-refractivity contribution >= 4 is 16.0 Å². The second-order valence-corrected chi connectivity index (χ2v) is 10.4. The average molecular weight is 466 g/mol. The van der Waals surface area contributed by atoms with Gasteiger partial charge in [0.15, 0.2) is 0 Å². The quantitative estimate of drug-likeness (QED) is 0.504. The molecule has 0 unspecified atom stereocenters. The van der Waals surface area contributed by atoms with E-state index < -0.39 is 10.0 Å². The molecule has 0 saturated carbocycles. The number of rotatable bonds is 9. The van der Waals surface area contributed by atoms with Crippen LogP contribution in [0.5, 0.6) is 0 Å². The number of hydrogen-bond acceptors (Lipinski definition) is 6. The van der Waals surface area contributed by atoms with Crippen molar-refractivity contribution in [2.24, 2.45) is 0 Å². The van der Waals surface area contributed by atoms with Crippen molar-refractivity contribution in [3.8, 4) is 11.3 Å². The molecule has 0 spiro atoms. The van der Waals surface area contributed by atoms with Crippen LogP contribution in [0.4, 0.5) is 5.95 Å². The Labute approximate surface area is 196 Å². The highest BCUT2D eigenvalue weighted by molar-refractivity contribution is 7.88. The lowest BCUT2D eigenvalue weighted by Crippen LogP contribution is -2.45. The van der Waals surface area contributed by atoms with E-state index in [0.29, 0.717) is 12.5 Å². The molecule has 1 saturated heterocycles. The fourth-order valence-electron chi connectivity index (χ4n) is 4.19. The molecule has 7 nitrogen and oxygen atoms in total. The summed E-state index contributed by atoms with van der Waals surface area (Å²) in [4.78, 5) is 9.02. The van der Waals surface area contributed by atoms with E-state index >= 15 is 0 Å². The molecule has 1 fully saturated rings. The molecular weight excluding hydrogens is 434 g/mol. The van der Waals surface area contributed by atoms with Gasteiger partial charge in [-0.15, -0.1) is 0 Å². The summed E-state index contributed by atoms with van der Waals surface area (Å²) in [6, 6.07) is 20.2. The summed E-state index contributed by atoms with van der Waals surface area (Å²) in [6.45, 7) is 2.80. The SMILES string of the molecule is CS(=O)(=O)N(Cc1cccc(-c2ccnc(NCCc3ccccc3)n2)c1)C1CCNCC1. The van der Waals surface area contributed by atoms with Crippen LogP contribution in [-0.4, -0.2) is 54.6 Å². The Kier molecular flexibility index (Phi) is 7.69. The zero-order valence-electron chi connectivity index (χ0n) is 18.9. The highest BCUT2D eigenvalue weighted by atomic mass is 32.2. The minimum Gasteiger partial charge on any atom is -0.354 e. The number of piperidine rings is 1. The molecule has 1 aromatic heterocycles. The van der Waals surface area contributed by atoms with E-state index in [1.54, 1.807) is 10.5 Å². The molecule has 3 aromatic rings. The van der Waals surface area contributed by atoms with Gasteiger partial charge in [-0.1, -0.05) is 48.5 Å². The van der Waals surface area contributed by atoms with Crippen LogP contribution in [0.2, 0.25) is 0 Å². The van der Waals surface area contributed by atoms with Gasteiger partial charge >= 0.3 is 0 Å². The van der Waals surface area contributed by atoms with Crippen molar-refractivity contribution in [2.45, 2.75) is 31.8 Å². The Hall–Kier alpha value is -2.81. The van der Waals surface area contributed by atoms with Crippen LogP contribution in [0.25, 0.3) is 11.3 Å². The Morgan fingerprint density at radius 2 is 1.79 bits per heavy atom. The third kappa shape index (κ3) is 6.60. The number of hydrogen-bond donors (Lipinski definition) is 2. The predicted octanol–water partition coefficient (Wildman–Crippen LogP) is 3.31. The lowest BCUT2D eigenvalue weighted by Gasteiger charge is -2.32. The maximum atomic E-state index is 12.5. The first kappa shape index (κ1) is 23.4. The molecule has 2 aromatic carbocycles. The van der Waals surface area contributed by atoms with Crippen LogP contribution >= 0.6 is 0 Å². The van der Waals surface area contributed by atoms with Crippen LogP contribution in [0, 0.1) is 0 Å². The fraction of sp³-hybridized carbons (Fsp3) is 0.360. The Morgan fingerprint density at radius 1 is 1.03 bits per heavy atom. The van der Waals surface area contributed by atoms with Gasteiger partial charge in [-0.3, -0.25) is 0 Å². The molecule has 4 rings (SSSR count). The van der Waals surface area contributed by atoms with Gasteiger partial charge in [0.1, 0.15) is 0 Å². The molecule has 0 bridgehead atoms. The molecule has 8 heteroatoms. The Bertz CT molecular complexity index is 1150. The molecule has 0 amide bonds. The number of aromatic nitrogens is 2. The Balaban J connectivity index is 1.46. The maximum absolute atomic E-state index is 12.5. The topological polar surface area (TPSA) is 87.2 Å². The largest absolute Gasteiger partial charge is 0.354 e. The summed E-state index contributed by atoms with van der Waals surface area (Å²) in [5.41, 5.74) is 3.97. The summed E-state index contributed by atoms with van der Waals surface area (Å²) in [5, 5.41) is 6.60. The first-order chi connectivity index (χ1) is 16.0. The van der Waals surface area contributed by atoms with Crippen molar-refractivity contribution in [1.29, 1.82) is 0 Å². The Morgan fingerprint density at radius 3 is 2.55 bits per heavy atom. The van der Waals surface area contributed by atoms with Gasteiger partial charge in [0.05, 0.1) is 11.9 Å². The van der Waals surface area contributed by atoms with Crippen molar-refractivity contribution < 1.29 is 8.42 Å². The third-order valence-electron chi connectivity index (χ3n) is 5.90. The first-order valence-electron chi connectivity index (χ1n) is 11.4. The van der Waals surface area contributed by atoms with Crippen molar-refractivity contribution in [2.75, 3.05) is 31.2 Å². The van der Waals surface area contributed by atoms with E-state index in [4.69, 9.17) is 0 Å². The van der Waals surface area contributed by atoms with Gasteiger partial charge < -0.3 is 10.6 Å². The summed E-state index contributed by atoms with van der Waals surface area (Å²) in [7, 11) is -3.31. The molecule has 0 radical (unpaired) electrons. The normalized spacial score (nSPS) is 15.0. The van der Waals surface area contributed by atoms with Crippen LogP contribution in [-0.2, 0) is 23.0 Å². The minimum absolute atomic E-state index is 0.0318. The van der Waals surface area contributed by atoms with Gasteiger partial charge in [0.25, 0.3) is 0 Å². The van der Waals surface area contributed by atoms with E-state index in [0.717, 1.165) is 55.7 Å². The monoisotopic (exact) mass is 465 g/mol. The van der Waals surface area contributed by atoms with Crippen LogP contribution in [0.15, 0.2) is 66.9 Å². The second-order valence-electron chi connectivity index (χ2n) is 8.42. The summed E-state index contributed by atoms with van der Waals surface area (Å²) in [6.07, 6.45) is 5.60. The maximum Gasteiger partial charge on any atom is 0.223 e. The van der Waals surface area contributed by atoms with Gasteiger partial charge in [-0.25, -0.2) is 18.4 Å². The van der Waals surface area contributed by atoms with Crippen LogP contribution < -0.4 is 10.6 Å². The third-order valence-corrected chi connectivity index (χ3v) is 7.18. The number of anilines is 1. The molecule has 2 heterocycles. The molecule has 1 aliphatic heterocycles. The lowest BCUT2D eigenvalue weighted by molar-refractivity contribution is 0.258. The highest BCUT2D eigenvalue weighted by Crippen LogP contribution is 2.23. The minimum atomic E-state index is -3.31. The number of nitrogens with one attached hydrogen (secondary N) is 2. The smallest absolute Gasteiger partial charge is 0.223 e. The van der Waals surface area contributed by atoms with Gasteiger partial charge in [0.2, 0.25) is 16.0 Å². The van der Waals surface area contributed by atoms with Gasteiger partial charge in [-0.2, -0.15) is 4.31 Å². The first-order valence-corrected chi connectivity index (χ1v) is 13.2. The number of benzene rings is 2. The highest BCUT2D eigenvalue weighted by Gasteiger charge is 2.28. The zero-order valence-corrected chi connectivity index (χ0v) is 19.8. The molecule has 1 aliphatic rings. The summed E-state index contributed by atoms with van der Waals surface area (Å²) in [5.74, 6) is 0.585. The lowest BCUT2D eigenvalue weighted by atomic mass is 10.0. The van der Waals surface area contributed by atoms with Gasteiger partial charge in [0, 0.05) is 30.9 Å². The standard InChI is InChI=1S/C25H31N5O2S/c1-33(31,32)30(23-11-14-26-15-12-23)19-21-8-5-9-22(18-21)24-13-17-28-25(29-24)27-16-10-20-6-3-2-4-7-20/h2-9,13,17-18,23,26H,10-12,14-16,19H2,1H3,(H,27,28,29). The molecule has 0 aliphatic carbocycles. The number of sulfonamides is 1. The summed E-state index contributed by atoms with van der Waals surface area (Å²) >= 11 is 0. The van der Waals surface area contributed by atoms with Crippen molar-refractivity contribution in [3.63, 3.8) is 0 Å². The average Bonchev–Trinajstić information content (AvgIpc) is 2.83. The van der Waals surface area contributed by atoms with E-state index in [2.05, 4.69) is 32.7 Å². The van der Waals surface area contributed by atoms with Crippen molar-refractivity contribution in [1.82, 2.24) is 19.6 Å². The van der Waals surface area contributed by atoms with Crippen molar-refractivity contribution in [3.05, 3.63) is 78.0 Å². The van der Waals surface area contributed by atoms with Crippen LogP contribution in [0.3, 0.4) is 0 Å². The van der Waals surface area contributed by atoms with E-state index in [-0.39, 0.29) is 6.04 Å². The van der Waals surface area contributed by atoms with E-state index in [9.17, 15) is 8.42 Å². The summed E-state index contributed by atoms with van der Waals surface area (Å²) < 4.78 is 26.7. The predicted molar refractivity (Wildman–Crippen MR) is 132 cm³/mol. The van der Waals surface area contributed by atoms with E-state index in [1.807, 2.05) is 48.5 Å².